The van der Waals surface area contributed by atoms with Crippen molar-refractivity contribution in [2.75, 3.05) is 13.2 Å². The minimum absolute atomic E-state index is 0.101. The number of hydrogen-bond donors (Lipinski definition) is 1. The van der Waals surface area contributed by atoms with Gasteiger partial charge in [-0.2, -0.15) is 0 Å². The number of carbonyl (C=O) groups excluding carboxylic acids is 1. The van der Waals surface area contributed by atoms with Gasteiger partial charge in [-0.05, 0) is 36.4 Å². The van der Waals surface area contributed by atoms with E-state index >= 15 is 0 Å². The van der Waals surface area contributed by atoms with Crippen molar-refractivity contribution in [3.63, 3.8) is 0 Å². The number of hydrogen-bond acceptors (Lipinski definition) is 4. The van der Waals surface area contributed by atoms with Crippen LogP contribution in [0.5, 0.6) is 11.5 Å². The molecule has 0 bridgehead atoms. The van der Waals surface area contributed by atoms with Crippen molar-refractivity contribution in [2.24, 2.45) is 0 Å². The van der Waals surface area contributed by atoms with Gasteiger partial charge in [-0.15, -0.1) is 0 Å². The lowest BCUT2D eigenvalue weighted by Crippen LogP contribution is -2.31. The van der Waals surface area contributed by atoms with E-state index in [0.717, 1.165) is 22.5 Å². The zero-order valence-electron chi connectivity index (χ0n) is 16.5. The standard InChI is InChI=1S/C24H23N3O3/c28-24(25-15-16-29-19-9-3-1-4-10-19)17-27-22-14-8-7-13-21(22)26-23(27)18-30-20-11-5-2-6-12-20/h1-14H,15-18H2,(H,25,28). The van der Waals surface area contributed by atoms with Gasteiger partial charge in [-0.3, -0.25) is 4.79 Å². The summed E-state index contributed by atoms with van der Waals surface area (Å²) in [6.45, 7) is 1.28. The monoisotopic (exact) mass is 401 g/mol. The highest BCUT2D eigenvalue weighted by Crippen LogP contribution is 2.18. The van der Waals surface area contributed by atoms with Gasteiger partial charge in [0.25, 0.3) is 0 Å². The van der Waals surface area contributed by atoms with Crippen LogP contribution in [0.3, 0.4) is 0 Å². The van der Waals surface area contributed by atoms with Gasteiger partial charge in [0, 0.05) is 0 Å². The van der Waals surface area contributed by atoms with Gasteiger partial charge in [-0.1, -0.05) is 48.5 Å². The van der Waals surface area contributed by atoms with Crippen LogP contribution >= 0.6 is 0 Å². The summed E-state index contributed by atoms with van der Waals surface area (Å²) in [5, 5.41) is 2.90. The Morgan fingerprint density at radius 1 is 0.833 bits per heavy atom. The fourth-order valence-electron chi connectivity index (χ4n) is 3.15. The van der Waals surface area contributed by atoms with Gasteiger partial charge in [0.2, 0.25) is 5.91 Å². The van der Waals surface area contributed by atoms with Crippen LogP contribution < -0.4 is 14.8 Å². The molecular weight excluding hydrogens is 378 g/mol. The first kappa shape index (κ1) is 19.5. The molecule has 4 aromatic rings. The normalized spacial score (nSPS) is 10.7. The number of carbonyl (C=O) groups is 1. The SMILES string of the molecule is O=C(Cn1c(COc2ccccc2)nc2ccccc21)NCCOc1ccccc1. The summed E-state index contributed by atoms with van der Waals surface area (Å²) in [4.78, 5) is 17.2. The van der Waals surface area contributed by atoms with E-state index in [2.05, 4.69) is 10.3 Å². The quantitative estimate of drug-likeness (QED) is 0.433. The lowest BCUT2D eigenvalue weighted by Gasteiger charge is -2.11. The Balaban J connectivity index is 1.38. The zero-order chi connectivity index (χ0) is 20.6. The molecule has 0 saturated heterocycles. The number of amides is 1. The Kier molecular flexibility index (Phi) is 6.25. The van der Waals surface area contributed by atoms with Gasteiger partial charge >= 0.3 is 0 Å². The minimum atomic E-state index is -0.101. The molecule has 6 nitrogen and oxygen atoms in total. The highest BCUT2D eigenvalue weighted by Gasteiger charge is 2.14. The van der Waals surface area contributed by atoms with E-state index in [1.807, 2.05) is 89.5 Å². The summed E-state index contributed by atoms with van der Waals surface area (Å²) in [5.41, 5.74) is 1.74. The minimum Gasteiger partial charge on any atom is -0.492 e. The number of imidazole rings is 1. The van der Waals surface area contributed by atoms with Gasteiger partial charge in [0.05, 0.1) is 17.6 Å². The molecule has 0 saturated carbocycles. The molecule has 1 aromatic heterocycles. The van der Waals surface area contributed by atoms with Crippen LogP contribution in [-0.4, -0.2) is 28.6 Å². The fraction of sp³-hybridized carbons (Fsp3) is 0.167. The second-order valence-electron chi connectivity index (χ2n) is 6.72. The average molecular weight is 401 g/mol. The molecule has 0 spiro atoms. The van der Waals surface area contributed by atoms with Gasteiger partial charge in [0.1, 0.15) is 37.1 Å². The molecule has 1 amide bonds. The highest BCUT2D eigenvalue weighted by atomic mass is 16.5. The number of fused-ring (bicyclic) bond motifs is 1. The lowest BCUT2D eigenvalue weighted by atomic mass is 10.3. The predicted molar refractivity (Wildman–Crippen MR) is 115 cm³/mol. The van der Waals surface area contributed by atoms with Crippen LogP contribution in [0.15, 0.2) is 84.9 Å². The van der Waals surface area contributed by atoms with Gasteiger partial charge in [-0.25, -0.2) is 4.98 Å². The van der Waals surface area contributed by atoms with Crippen molar-refractivity contribution in [2.45, 2.75) is 13.2 Å². The van der Waals surface area contributed by atoms with Crippen molar-refractivity contribution >= 4 is 16.9 Å². The Morgan fingerprint density at radius 2 is 1.47 bits per heavy atom. The van der Waals surface area contributed by atoms with Gasteiger partial charge in [0.15, 0.2) is 0 Å². The van der Waals surface area contributed by atoms with Crippen molar-refractivity contribution < 1.29 is 14.3 Å². The molecule has 0 unspecified atom stereocenters. The maximum Gasteiger partial charge on any atom is 0.240 e. The first-order valence-electron chi connectivity index (χ1n) is 9.86. The molecule has 0 atom stereocenters. The molecule has 0 aliphatic carbocycles. The van der Waals surface area contributed by atoms with Crippen molar-refractivity contribution in [1.82, 2.24) is 14.9 Å². The predicted octanol–water partition coefficient (Wildman–Crippen LogP) is 3.81. The van der Waals surface area contributed by atoms with Crippen molar-refractivity contribution in [3.05, 3.63) is 90.8 Å². The van der Waals surface area contributed by atoms with Crippen LogP contribution in [0.25, 0.3) is 11.0 Å². The van der Waals surface area contributed by atoms with Crippen molar-refractivity contribution in [1.29, 1.82) is 0 Å². The molecule has 0 radical (unpaired) electrons. The molecule has 30 heavy (non-hydrogen) atoms. The maximum atomic E-state index is 12.5. The number of rotatable bonds is 9. The molecule has 3 aromatic carbocycles. The molecule has 0 aliphatic heterocycles. The Morgan fingerprint density at radius 3 is 2.20 bits per heavy atom. The number of nitrogens with one attached hydrogen (secondary N) is 1. The van der Waals surface area contributed by atoms with Crippen LogP contribution in [0.4, 0.5) is 0 Å². The van der Waals surface area contributed by atoms with E-state index in [4.69, 9.17) is 9.47 Å². The first-order valence-corrected chi connectivity index (χ1v) is 9.86. The van der Waals surface area contributed by atoms with Crippen LogP contribution in [0.2, 0.25) is 0 Å². The van der Waals surface area contributed by atoms with Crippen LogP contribution in [0, 0.1) is 0 Å². The highest BCUT2D eigenvalue weighted by molar-refractivity contribution is 5.81. The lowest BCUT2D eigenvalue weighted by molar-refractivity contribution is -0.121. The zero-order valence-corrected chi connectivity index (χ0v) is 16.5. The topological polar surface area (TPSA) is 65.4 Å². The molecule has 6 heteroatoms. The van der Waals surface area contributed by atoms with E-state index in [9.17, 15) is 4.79 Å². The summed E-state index contributed by atoms with van der Waals surface area (Å²) in [5.74, 6) is 2.15. The Bertz CT molecular complexity index is 1090. The Labute approximate surface area is 175 Å². The number of aromatic nitrogens is 2. The third-order valence-corrected chi connectivity index (χ3v) is 4.58. The second kappa shape index (κ2) is 9.60. The van der Waals surface area contributed by atoms with Crippen LogP contribution in [0.1, 0.15) is 5.82 Å². The molecular formula is C24H23N3O3. The first-order chi connectivity index (χ1) is 14.8. The second-order valence-corrected chi connectivity index (χ2v) is 6.72. The third kappa shape index (κ3) is 4.97. The molecule has 0 aliphatic rings. The number of benzene rings is 3. The summed E-state index contributed by atoms with van der Waals surface area (Å²) in [7, 11) is 0. The fourth-order valence-corrected chi connectivity index (χ4v) is 3.15. The molecule has 4 rings (SSSR count). The molecule has 0 fully saturated rings. The maximum absolute atomic E-state index is 12.5. The number of nitrogens with zero attached hydrogens (tertiary/aromatic N) is 2. The van der Waals surface area contributed by atoms with E-state index in [-0.39, 0.29) is 19.1 Å². The molecule has 152 valence electrons. The van der Waals surface area contributed by atoms with E-state index < -0.39 is 0 Å². The van der Waals surface area contributed by atoms with E-state index in [0.29, 0.717) is 19.0 Å². The smallest absolute Gasteiger partial charge is 0.240 e. The summed E-state index contributed by atoms with van der Waals surface area (Å²) < 4.78 is 13.4. The molecule has 1 N–H and O–H groups in total. The molecule has 1 heterocycles. The van der Waals surface area contributed by atoms with Gasteiger partial charge < -0.3 is 19.4 Å². The van der Waals surface area contributed by atoms with Crippen LogP contribution in [-0.2, 0) is 17.9 Å². The summed E-state index contributed by atoms with van der Waals surface area (Å²) in [6, 6.07) is 26.9. The summed E-state index contributed by atoms with van der Waals surface area (Å²) in [6.07, 6.45) is 0. The number of ether oxygens (including phenoxy) is 2. The average Bonchev–Trinajstić information content (AvgIpc) is 3.14. The third-order valence-electron chi connectivity index (χ3n) is 4.58. The number of para-hydroxylation sites is 4. The largest absolute Gasteiger partial charge is 0.492 e. The Hall–Kier alpha value is -3.80. The van der Waals surface area contributed by atoms with E-state index in [1.54, 1.807) is 0 Å². The summed E-state index contributed by atoms with van der Waals surface area (Å²) >= 11 is 0. The van der Waals surface area contributed by atoms with E-state index in [1.165, 1.54) is 0 Å². The van der Waals surface area contributed by atoms with Crippen molar-refractivity contribution in [3.8, 4) is 11.5 Å².